The summed E-state index contributed by atoms with van der Waals surface area (Å²) >= 11 is 4.85. The number of ether oxygens (including phenoxy) is 1. The molecule has 0 radical (unpaired) electrons. The van der Waals surface area contributed by atoms with Gasteiger partial charge in [0.25, 0.3) is 5.91 Å². The van der Waals surface area contributed by atoms with Crippen LogP contribution >= 0.6 is 27.7 Å². The van der Waals surface area contributed by atoms with Crippen molar-refractivity contribution < 1.29 is 17.9 Å². The van der Waals surface area contributed by atoms with Crippen molar-refractivity contribution in [2.24, 2.45) is 11.8 Å². The highest BCUT2D eigenvalue weighted by molar-refractivity contribution is 9.10. The number of benzene rings is 2. The zero-order valence-electron chi connectivity index (χ0n) is 18.5. The second-order valence-corrected chi connectivity index (χ2v) is 12.2. The highest BCUT2D eigenvalue weighted by atomic mass is 79.9. The number of nitrogens with one attached hydrogen (secondary N) is 1. The standard InChI is InChI=1S/C23H29BrN2O4S2/c1-16-12-17(2)15-26(14-16)32(28,29)20-8-9-22(31-19-6-4-18(24)5-7-19)21(13-20)23(27)25-10-11-30-3/h4-9,13,16-17H,10-12,14-15H2,1-3H3,(H,25,27)/t16-,17-/m1/s1. The summed E-state index contributed by atoms with van der Waals surface area (Å²) in [7, 11) is -2.13. The van der Waals surface area contributed by atoms with Crippen molar-refractivity contribution in [1.82, 2.24) is 9.62 Å². The van der Waals surface area contributed by atoms with Crippen LogP contribution in [0.4, 0.5) is 0 Å². The Morgan fingerprint density at radius 1 is 1.16 bits per heavy atom. The molecule has 0 aliphatic carbocycles. The Hall–Kier alpha value is -1.39. The molecule has 1 fully saturated rings. The van der Waals surface area contributed by atoms with Crippen molar-refractivity contribution in [3.05, 3.63) is 52.5 Å². The highest BCUT2D eigenvalue weighted by Crippen LogP contribution is 2.34. The number of hydrogen-bond donors (Lipinski definition) is 1. The molecule has 1 N–H and O–H groups in total. The van der Waals surface area contributed by atoms with E-state index in [1.54, 1.807) is 23.5 Å². The van der Waals surface area contributed by atoms with Crippen LogP contribution in [0.15, 0.2) is 61.6 Å². The van der Waals surface area contributed by atoms with E-state index in [1.165, 1.54) is 17.8 Å². The van der Waals surface area contributed by atoms with E-state index >= 15 is 0 Å². The molecule has 0 spiro atoms. The van der Waals surface area contributed by atoms with Gasteiger partial charge in [0.1, 0.15) is 0 Å². The number of carbonyl (C=O) groups is 1. The van der Waals surface area contributed by atoms with Crippen molar-refractivity contribution in [2.75, 3.05) is 33.4 Å². The molecule has 0 unspecified atom stereocenters. The molecule has 1 amide bonds. The summed E-state index contributed by atoms with van der Waals surface area (Å²) in [6.45, 7) is 5.86. The van der Waals surface area contributed by atoms with E-state index in [1.807, 2.05) is 24.3 Å². The fourth-order valence-corrected chi connectivity index (χ4v) is 6.77. The first-order chi connectivity index (χ1) is 15.2. The van der Waals surface area contributed by atoms with Gasteiger partial charge in [-0.2, -0.15) is 4.31 Å². The lowest BCUT2D eigenvalue weighted by Gasteiger charge is -2.34. The van der Waals surface area contributed by atoms with Crippen LogP contribution in [0.2, 0.25) is 0 Å². The fraction of sp³-hybridized carbons (Fsp3) is 0.435. The molecule has 9 heteroatoms. The molecule has 0 aromatic heterocycles. The van der Waals surface area contributed by atoms with Crippen LogP contribution in [0.3, 0.4) is 0 Å². The van der Waals surface area contributed by atoms with Crippen LogP contribution in [-0.4, -0.2) is 52.0 Å². The Morgan fingerprint density at radius 2 is 1.81 bits per heavy atom. The van der Waals surface area contributed by atoms with Gasteiger partial charge in [0, 0.05) is 41.0 Å². The molecule has 1 aliphatic heterocycles. The molecule has 0 saturated carbocycles. The van der Waals surface area contributed by atoms with Crippen molar-refractivity contribution in [1.29, 1.82) is 0 Å². The number of carbonyl (C=O) groups excluding carboxylic acids is 1. The van der Waals surface area contributed by atoms with Gasteiger partial charge in [-0.15, -0.1) is 0 Å². The molecular weight excluding hydrogens is 512 g/mol. The predicted octanol–water partition coefficient (Wildman–Crippen LogP) is 4.64. The average Bonchev–Trinajstić information content (AvgIpc) is 2.75. The summed E-state index contributed by atoms with van der Waals surface area (Å²) < 4.78 is 34.3. The summed E-state index contributed by atoms with van der Waals surface area (Å²) in [6, 6.07) is 12.6. The van der Waals surface area contributed by atoms with Gasteiger partial charge in [-0.3, -0.25) is 4.79 Å². The lowest BCUT2D eigenvalue weighted by atomic mass is 9.94. The Kier molecular flexibility index (Phi) is 8.80. The third kappa shape index (κ3) is 6.35. The second kappa shape index (κ2) is 11.2. The van der Waals surface area contributed by atoms with Gasteiger partial charge in [-0.05, 0) is 60.7 Å². The lowest BCUT2D eigenvalue weighted by Crippen LogP contribution is -2.42. The molecule has 1 heterocycles. The number of sulfonamides is 1. The summed E-state index contributed by atoms with van der Waals surface area (Å²) in [5.41, 5.74) is 0.341. The summed E-state index contributed by atoms with van der Waals surface area (Å²) in [5.74, 6) is 0.286. The smallest absolute Gasteiger partial charge is 0.252 e. The largest absolute Gasteiger partial charge is 0.383 e. The fourth-order valence-electron chi connectivity index (χ4n) is 3.88. The van der Waals surface area contributed by atoms with E-state index in [2.05, 4.69) is 35.1 Å². The van der Waals surface area contributed by atoms with E-state index in [9.17, 15) is 13.2 Å². The molecule has 1 saturated heterocycles. The van der Waals surface area contributed by atoms with E-state index in [0.29, 0.717) is 48.5 Å². The van der Waals surface area contributed by atoms with Crippen molar-refractivity contribution >= 4 is 43.6 Å². The number of piperidine rings is 1. The van der Waals surface area contributed by atoms with Crippen LogP contribution in [0.1, 0.15) is 30.6 Å². The van der Waals surface area contributed by atoms with E-state index < -0.39 is 10.0 Å². The molecule has 2 aromatic carbocycles. The van der Waals surface area contributed by atoms with Gasteiger partial charge < -0.3 is 10.1 Å². The first kappa shape index (κ1) is 25.2. The molecule has 174 valence electrons. The SMILES string of the molecule is COCCNC(=O)c1cc(S(=O)(=O)N2C[C@H](C)C[C@@H](C)C2)ccc1Sc1ccc(Br)cc1. The van der Waals surface area contributed by atoms with Crippen LogP contribution in [0.25, 0.3) is 0 Å². The first-order valence-corrected chi connectivity index (χ1v) is 13.6. The number of hydrogen-bond acceptors (Lipinski definition) is 5. The summed E-state index contributed by atoms with van der Waals surface area (Å²) in [6.07, 6.45) is 1.02. The second-order valence-electron chi connectivity index (χ2n) is 8.23. The number of nitrogens with zero attached hydrogens (tertiary/aromatic N) is 1. The normalized spacial score (nSPS) is 19.6. The minimum atomic E-state index is -3.69. The van der Waals surface area contributed by atoms with Gasteiger partial charge in [-0.25, -0.2) is 8.42 Å². The Labute approximate surface area is 203 Å². The third-order valence-electron chi connectivity index (χ3n) is 5.30. The average molecular weight is 542 g/mol. The number of amides is 1. The zero-order chi connectivity index (χ0) is 23.3. The minimum absolute atomic E-state index is 0.149. The molecular formula is C23H29BrN2O4S2. The number of halogens is 1. The molecule has 0 bridgehead atoms. The summed E-state index contributed by atoms with van der Waals surface area (Å²) in [4.78, 5) is 14.7. The zero-order valence-corrected chi connectivity index (χ0v) is 21.7. The van der Waals surface area contributed by atoms with Crippen LogP contribution in [0.5, 0.6) is 0 Å². The molecule has 1 aliphatic rings. The van der Waals surface area contributed by atoms with Gasteiger partial charge in [0.2, 0.25) is 10.0 Å². The van der Waals surface area contributed by atoms with Gasteiger partial charge >= 0.3 is 0 Å². The quantitative estimate of drug-likeness (QED) is 0.493. The predicted molar refractivity (Wildman–Crippen MR) is 131 cm³/mol. The maximum Gasteiger partial charge on any atom is 0.252 e. The molecule has 6 nitrogen and oxygen atoms in total. The molecule has 3 rings (SSSR count). The van der Waals surface area contributed by atoms with Gasteiger partial charge in [-0.1, -0.05) is 41.5 Å². The summed E-state index contributed by atoms with van der Waals surface area (Å²) in [5, 5.41) is 2.81. The molecule has 32 heavy (non-hydrogen) atoms. The van der Waals surface area contributed by atoms with Crippen LogP contribution < -0.4 is 5.32 Å². The Morgan fingerprint density at radius 3 is 2.44 bits per heavy atom. The van der Waals surface area contributed by atoms with Crippen LogP contribution in [0, 0.1) is 11.8 Å². The van der Waals surface area contributed by atoms with Crippen LogP contribution in [-0.2, 0) is 14.8 Å². The van der Waals surface area contributed by atoms with E-state index in [0.717, 1.165) is 15.8 Å². The van der Waals surface area contributed by atoms with Crippen molar-refractivity contribution in [3.8, 4) is 0 Å². The van der Waals surface area contributed by atoms with E-state index in [-0.39, 0.29) is 10.8 Å². The van der Waals surface area contributed by atoms with Gasteiger partial charge in [0.15, 0.2) is 0 Å². The minimum Gasteiger partial charge on any atom is -0.383 e. The molecule has 2 atom stereocenters. The number of methoxy groups -OCH3 is 1. The topological polar surface area (TPSA) is 75.7 Å². The molecule has 2 aromatic rings. The monoisotopic (exact) mass is 540 g/mol. The Balaban J connectivity index is 1.95. The van der Waals surface area contributed by atoms with E-state index in [4.69, 9.17) is 4.74 Å². The van der Waals surface area contributed by atoms with Gasteiger partial charge in [0.05, 0.1) is 17.1 Å². The maximum atomic E-state index is 13.4. The lowest BCUT2D eigenvalue weighted by molar-refractivity contribution is 0.0934. The third-order valence-corrected chi connectivity index (χ3v) is 8.74. The highest BCUT2D eigenvalue weighted by Gasteiger charge is 2.32. The Bertz CT molecular complexity index is 1030. The first-order valence-electron chi connectivity index (χ1n) is 10.6. The van der Waals surface area contributed by atoms with Crippen molar-refractivity contribution in [3.63, 3.8) is 0 Å². The maximum absolute atomic E-state index is 13.4. The number of rotatable bonds is 8. The van der Waals surface area contributed by atoms with Crippen molar-refractivity contribution in [2.45, 2.75) is 35.0 Å².